The topological polar surface area (TPSA) is 70.2 Å². The maximum absolute atomic E-state index is 13.6. The van der Waals surface area contributed by atoms with Crippen LogP contribution in [-0.2, 0) is 4.84 Å². The molecule has 9 heteroatoms. The molecule has 1 saturated heterocycles. The third kappa shape index (κ3) is 2.39. The first-order valence-electron chi connectivity index (χ1n) is 8.30. The SMILES string of the molecule is CC1=C2NOC(Nc3ccc(F)c(F)c3)(N=C1)N2c1ccc2c(c1)NCO2. The second-order valence-electron chi connectivity index (χ2n) is 6.34. The molecule has 1 fully saturated rings. The highest BCUT2D eigenvalue weighted by Gasteiger charge is 2.49. The third-order valence-corrected chi connectivity index (χ3v) is 4.56. The van der Waals surface area contributed by atoms with Crippen LogP contribution in [0.1, 0.15) is 6.92 Å². The van der Waals surface area contributed by atoms with Crippen molar-refractivity contribution in [3.8, 4) is 5.75 Å². The van der Waals surface area contributed by atoms with Gasteiger partial charge in [-0.25, -0.2) is 24.1 Å². The van der Waals surface area contributed by atoms with Crippen molar-refractivity contribution in [2.24, 2.45) is 4.99 Å². The highest BCUT2D eigenvalue weighted by atomic mass is 19.2. The van der Waals surface area contributed by atoms with Crippen molar-refractivity contribution in [1.82, 2.24) is 5.48 Å². The fourth-order valence-electron chi connectivity index (χ4n) is 3.24. The van der Waals surface area contributed by atoms with Crippen molar-refractivity contribution < 1.29 is 18.4 Å². The lowest BCUT2D eigenvalue weighted by Crippen LogP contribution is -2.51. The van der Waals surface area contributed by atoms with Crippen molar-refractivity contribution >= 4 is 23.3 Å². The molecule has 3 aliphatic rings. The Hall–Kier alpha value is -3.33. The number of hydroxylamine groups is 1. The Morgan fingerprint density at radius 1 is 1.19 bits per heavy atom. The van der Waals surface area contributed by atoms with Gasteiger partial charge in [0.2, 0.25) is 0 Å². The zero-order valence-electron chi connectivity index (χ0n) is 14.2. The van der Waals surface area contributed by atoms with Crippen LogP contribution in [0.2, 0.25) is 0 Å². The van der Waals surface area contributed by atoms with Gasteiger partial charge < -0.3 is 15.4 Å². The number of aliphatic imine (C=N–C) groups is 1. The van der Waals surface area contributed by atoms with Gasteiger partial charge >= 0.3 is 5.97 Å². The lowest BCUT2D eigenvalue weighted by atomic mass is 10.2. The molecule has 2 aromatic carbocycles. The van der Waals surface area contributed by atoms with Gasteiger partial charge in [0.05, 0.1) is 11.4 Å². The van der Waals surface area contributed by atoms with E-state index in [2.05, 4.69) is 21.1 Å². The van der Waals surface area contributed by atoms with E-state index in [1.807, 2.05) is 30.0 Å². The van der Waals surface area contributed by atoms with Crippen LogP contribution in [0.5, 0.6) is 5.75 Å². The highest BCUT2D eigenvalue weighted by molar-refractivity contribution is 5.84. The normalized spacial score (nSPS) is 22.3. The Morgan fingerprint density at radius 2 is 2.07 bits per heavy atom. The van der Waals surface area contributed by atoms with E-state index >= 15 is 0 Å². The third-order valence-electron chi connectivity index (χ3n) is 4.56. The molecule has 138 valence electrons. The number of hydrogen-bond acceptors (Lipinski definition) is 7. The summed E-state index contributed by atoms with van der Waals surface area (Å²) in [7, 11) is 0. The molecule has 0 saturated carbocycles. The van der Waals surface area contributed by atoms with E-state index in [0.717, 1.165) is 34.8 Å². The Bertz CT molecular complexity index is 1010. The largest absolute Gasteiger partial charge is 0.471 e. The van der Waals surface area contributed by atoms with Gasteiger partial charge in [0.25, 0.3) is 0 Å². The number of rotatable bonds is 3. The number of ether oxygens (including phenoxy) is 1. The molecule has 7 nitrogen and oxygen atoms in total. The summed E-state index contributed by atoms with van der Waals surface area (Å²) in [5.41, 5.74) is 5.68. The number of anilines is 3. The predicted octanol–water partition coefficient (Wildman–Crippen LogP) is 3.11. The number of nitrogens with one attached hydrogen (secondary N) is 3. The molecule has 0 aromatic heterocycles. The van der Waals surface area contributed by atoms with Crippen LogP contribution in [0.25, 0.3) is 0 Å². The summed E-state index contributed by atoms with van der Waals surface area (Å²) in [4.78, 5) is 12.0. The Balaban J connectivity index is 1.57. The summed E-state index contributed by atoms with van der Waals surface area (Å²) in [6.45, 7) is 2.30. The van der Waals surface area contributed by atoms with Crippen molar-refractivity contribution in [2.45, 2.75) is 12.9 Å². The summed E-state index contributed by atoms with van der Waals surface area (Å²) in [6.07, 6.45) is 1.66. The molecular weight excluding hydrogens is 356 g/mol. The van der Waals surface area contributed by atoms with E-state index in [0.29, 0.717) is 18.2 Å². The Labute approximate surface area is 153 Å². The van der Waals surface area contributed by atoms with Crippen molar-refractivity contribution in [3.05, 3.63) is 59.4 Å². The number of fused-ring (bicyclic) bond motifs is 3. The zero-order chi connectivity index (χ0) is 18.6. The standard InChI is InChI=1S/C18H15F2N5O2/c1-10-8-22-18(23-11-2-4-13(19)14(20)6-11)25(17(10)24-27-18)12-3-5-16-15(7-12)21-9-26-16/h2-8,21,23-24H,9H2,1H3. The zero-order valence-corrected chi connectivity index (χ0v) is 14.2. The minimum Gasteiger partial charge on any atom is -0.471 e. The number of nitrogens with zero attached hydrogens (tertiary/aromatic N) is 2. The van der Waals surface area contributed by atoms with Gasteiger partial charge in [-0.2, -0.15) is 0 Å². The van der Waals surface area contributed by atoms with E-state index in [1.165, 1.54) is 6.07 Å². The van der Waals surface area contributed by atoms with Gasteiger partial charge in [-0.05, 0) is 37.3 Å². The van der Waals surface area contributed by atoms with Crippen LogP contribution in [0.4, 0.5) is 25.8 Å². The van der Waals surface area contributed by atoms with Crippen molar-refractivity contribution in [1.29, 1.82) is 0 Å². The van der Waals surface area contributed by atoms with Gasteiger partial charge in [-0.3, -0.25) is 4.90 Å². The van der Waals surface area contributed by atoms with Gasteiger partial charge in [0.15, 0.2) is 18.4 Å². The second kappa shape index (κ2) is 5.58. The molecule has 2 aromatic rings. The van der Waals surface area contributed by atoms with Crippen LogP contribution in [0, 0.1) is 11.6 Å². The van der Waals surface area contributed by atoms with Crippen LogP contribution in [0.15, 0.2) is 52.8 Å². The maximum atomic E-state index is 13.6. The first-order chi connectivity index (χ1) is 13.1. The van der Waals surface area contributed by atoms with E-state index < -0.39 is 17.6 Å². The summed E-state index contributed by atoms with van der Waals surface area (Å²) in [5, 5.41) is 6.18. The molecule has 5 rings (SSSR count). The fourth-order valence-corrected chi connectivity index (χ4v) is 3.24. The molecule has 1 atom stereocenters. The Morgan fingerprint density at radius 3 is 2.93 bits per heavy atom. The summed E-state index contributed by atoms with van der Waals surface area (Å²) in [5.74, 6) is -1.81. The lowest BCUT2D eigenvalue weighted by Gasteiger charge is -2.36. The molecule has 1 unspecified atom stereocenters. The maximum Gasteiger partial charge on any atom is 0.351 e. The minimum atomic E-state index is -1.38. The molecule has 2 bridgehead atoms. The predicted molar refractivity (Wildman–Crippen MR) is 96.2 cm³/mol. The molecule has 0 amide bonds. The monoisotopic (exact) mass is 371 g/mol. The average Bonchev–Trinajstić information content (AvgIpc) is 3.23. The summed E-state index contributed by atoms with van der Waals surface area (Å²) in [6, 6.07) is 9.16. The van der Waals surface area contributed by atoms with Crippen LogP contribution in [-0.4, -0.2) is 18.9 Å². The minimum absolute atomic E-state index is 0.321. The van der Waals surface area contributed by atoms with E-state index in [4.69, 9.17) is 9.57 Å². The number of allylic oxidation sites excluding steroid dienone is 1. The average molecular weight is 371 g/mol. The molecular formula is C18H15F2N5O2. The second-order valence-corrected chi connectivity index (χ2v) is 6.34. The van der Waals surface area contributed by atoms with Gasteiger partial charge in [-0.1, -0.05) is 0 Å². The molecule has 0 radical (unpaired) electrons. The van der Waals surface area contributed by atoms with E-state index in [-0.39, 0.29) is 0 Å². The first kappa shape index (κ1) is 15.9. The smallest absolute Gasteiger partial charge is 0.351 e. The van der Waals surface area contributed by atoms with Gasteiger partial charge in [0, 0.05) is 23.5 Å². The summed E-state index contributed by atoms with van der Waals surface area (Å²) >= 11 is 0. The molecule has 0 spiro atoms. The lowest BCUT2D eigenvalue weighted by molar-refractivity contribution is -0.0214. The van der Waals surface area contributed by atoms with Crippen molar-refractivity contribution in [3.63, 3.8) is 0 Å². The number of hydrogen-bond donors (Lipinski definition) is 3. The van der Waals surface area contributed by atoms with E-state index in [9.17, 15) is 8.78 Å². The van der Waals surface area contributed by atoms with Crippen LogP contribution >= 0.6 is 0 Å². The number of halogens is 2. The molecule has 27 heavy (non-hydrogen) atoms. The molecule has 3 heterocycles. The highest BCUT2D eigenvalue weighted by Crippen LogP contribution is 2.42. The Kier molecular flexibility index (Phi) is 3.28. The van der Waals surface area contributed by atoms with Gasteiger partial charge in [-0.15, -0.1) is 0 Å². The quantitative estimate of drug-likeness (QED) is 0.770. The first-order valence-corrected chi connectivity index (χ1v) is 8.30. The van der Waals surface area contributed by atoms with Crippen molar-refractivity contribution in [2.75, 3.05) is 22.3 Å². The molecule has 0 aliphatic carbocycles. The van der Waals surface area contributed by atoms with Crippen LogP contribution < -0.4 is 25.8 Å². The van der Waals surface area contributed by atoms with Crippen LogP contribution in [0.3, 0.4) is 0 Å². The number of benzene rings is 2. The summed E-state index contributed by atoms with van der Waals surface area (Å²) < 4.78 is 32.4. The fraction of sp³-hybridized carbons (Fsp3) is 0.167. The van der Waals surface area contributed by atoms with E-state index in [1.54, 1.807) is 6.21 Å². The van der Waals surface area contributed by atoms with Gasteiger partial charge in [0.1, 0.15) is 11.6 Å². The molecule has 3 N–H and O–H groups in total. The molecule has 3 aliphatic heterocycles.